The first-order chi connectivity index (χ1) is 19.6. The zero-order chi connectivity index (χ0) is 30.0. The average molecular weight is 584 g/mol. The molecule has 0 fully saturated rings. The lowest BCUT2D eigenvalue weighted by atomic mass is 10.1. The molecule has 0 aromatic heterocycles. The summed E-state index contributed by atoms with van der Waals surface area (Å²) in [5.41, 5.74) is 1.02. The summed E-state index contributed by atoms with van der Waals surface area (Å²) in [6, 6.07) is 19.1. The summed E-state index contributed by atoms with van der Waals surface area (Å²) >= 11 is 0. The number of benzene rings is 3. The lowest BCUT2D eigenvalue weighted by Gasteiger charge is -2.33. The topological polar surface area (TPSA) is 96.0 Å². The maximum Gasteiger partial charge on any atom is 0.264 e. The van der Waals surface area contributed by atoms with Gasteiger partial charge in [0.25, 0.3) is 10.0 Å². The van der Waals surface area contributed by atoms with Gasteiger partial charge in [-0.2, -0.15) is 0 Å². The van der Waals surface area contributed by atoms with Gasteiger partial charge in [-0.1, -0.05) is 44.2 Å². The second-order valence-corrected chi connectivity index (χ2v) is 11.5. The highest BCUT2D eigenvalue weighted by molar-refractivity contribution is 7.92. The Morgan fingerprint density at radius 1 is 0.902 bits per heavy atom. The highest BCUT2D eigenvalue weighted by Crippen LogP contribution is 2.27. The van der Waals surface area contributed by atoms with E-state index in [1.807, 2.05) is 58.0 Å². The molecule has 3 rings (SSSR count). The maximum absolute atomic E-state index is 14.0. The van der Waals surface area contributed by atoms with Crippen LogP contribution in [0.25, 0.3) is 0 Å². The number of hydrogen-bond acceptors (Lipinski definition) is 5. The fourth-order valence-electron chi connectivity index (χ4n) is 4.28. The van der Waals surface area contributed by atoms with E-state index < -0.39 is 34.3 Å². The van der Waals surface area contributed by atoms with Crippen molar-refractivity contribution >= 4 is 27.5 Å². The zero-order valence-electron chi connectivity index (χ0n) is 23.9. The standard InChI is InChI=1S/C31H38FN3O5S/c1-5-23(4)33-31(37)29(6-2)34(21-24-11-9-8-10-12-24)30(36)22-35(26-15-17-27(18-16-26)40-7-3)41(38,39)28-19-13-25(32)14-20-28/h8-20,23,29H,5-7,21-22H2,1-4H3,(H,33,37)/t23-,29-/m1/s1. The third-order valence-electron chi connectivity index (χ3n) is 6.70. The highest BCUT2D eigenvalue weighted by Gasteiger charge is 2.34. The quantitative estimate of drug-likeness (QED) is 0.284. The van der Waals surface area contributed by atoms with Crippen molar-refractivity contribution in [1.82, 2.24) is 10.2 Å². The van der Waals surface area contributed by atoms with Crippen molar-refractivity contribution in [2.24, 2.45) is 0 Å². The van der Waals surface area contributed by atoms with Crippen molar-refractivity contribution in [2.75, 3.05) is 17.5 Å². The number of carbonyl (C=O) groups excluding carboxylic acids is 2. The molecule has 3 aromatic rings. The normalized spacial score (nSPS) is 12.7. The summed E-state index contributed by atoms with van der Waals surface area (Å²) in [5.74, 6) is -0.903. The first-order valence-electron chi connectivity index (χ1n) is 13.8. The summed E-state index contributed by atoms with van der Waals surface area (Å²) in [6.07, 6.45) is 1.05. The molecule has 10 heteroatoms. The van der Waals surface area contributed by atoms with Gasteiger partial charge in [0, 0.05) is 12.6 Å². The lowest BCUT2D eigenvalue weighted by molar-refractivity contribution is -0.140. The number of nitrogens with one attached hydrogen (secondary N) is 1. The first-order valence-corrected chi connectivity index (χ1v) is 15.2. The van der Waals surface area contributed by atoms with Gasteiger partial charge in [0.05, 0.1) is 17.2 Å². The van der Waals surface area contributed by atoms with Gasteiger partial charge in [-0.15, -0.1) is 0 Å². The first kappa shape index (κ1) is 31.6. The highest BCUT2D eigenvalue weighted by atomic mass is 32.2. The van der Waals surface area contributed by atoms with Gasteiger partial charge < -0.3 is 15.0 Å². The van der Waals surface area contributed by atoms with Crippen LogP contribution in [0.4, 0.5) is 10.1 Å². The molecule has 0 saturated carbocycles. The summed E-state index contributed by atoms with van der Waals surface area (Å²) < 4.78 is 47.8. The van der Waals surface area contributed by atoms with E-state index in [2.05, 4.69) is 5.32 Å². The second kappa shape index (κ2) is 14.6. The number of halogens is 1. The number of rotatable bonds is 14. The molecule has 2 amide bonds. The van der Waals surface area contributed by atoms with E-state index >= 15 is 0 Å². The van der Waals surface area contributed by atoms with Crippen molar-refractivity contribution in [3.05, 3.63) is 90.2 Å². The van der Waals surface area contributed by atoms with Crippen molar-refractivity contribution < 1.29 is 27.1 Å². The molecule has 0 radical (unpaired) electrons. The van der Waals surface area contributed by atoms with Gasteiger partial charge in [0.15, 0.2) is 0 Å². The van der Waals surface area contributed by atoms with E-state index in [0.29, 0.717) is 18.8 Å². The predicted octanol–water partition coefficient (Wildman–Crippen LogP) is 5.14. The molecule has 3 aromatic carbocycles. The minimum atomic E-state index is -4.30. The largest absolute Gasteiger partial charge is 0.494 e. The molecule has 8 nitrogen and oxygen atoms in total. The van der Waals surface area contributed by atoms with Crippen LogP contribution >= 0.6 is 0 Å². The van der Waals surface area contributed by atoms with Gasteiger partial charge in [-0.25, -0.2) is 12.8 Å². The number of carbonyl (C=O) groups is 2. The fraction of sp³-hybridized carbons (Fsp3) is 0.355. The van der Waals surface area contributed by atoms with Gasteiger partial charge in [-0.3, -0.25) is 13.9 Å². The fourth-order valence-corrected chi connectivity index (χ4v) is 5.69. The number of ether oxygens (including phenoxy) is 1. The van der Waals surface area contributed by atoms with Gasteiger partial charge >= 0.3 is 0 Å². The Morgan fingerprint density at radius 2 is 1.54 bits per heavy atom. The Morgan fingerprint density at radius 3 is 2.10 bits per heavy atom. The number of amides is 2. The van der Waals surface area contributed by atoms with E-state index in [1.165, 1.54) is 4.90 Å². The van der Waals surface area contributed by atoms with Gasteiger partial charge in [-0.05, 0) is 80.8 Å². The lowest BCUT2D eigenvalue weighted by Crippen LogP contribution is -2.53. The van der Waals surface area contributed by atoms with Crippen LogP contribution in [0.5, 0.6) is 5.75 Å². The minimum Gasteiger partial charge on any atom is -0.494 e. The third kappa shape index (κ3) is 8.29. The van der Waals surface area contributed by atoms with Crippen molar-refractivity contribution in [1.29, 1.82) is 0 Å². The van der Waals surface area contributed by atoms with Crippen LogP contribution in [-0.2, 0) is 26.2 Å². The van der Waals surface area contributed by atoms with Crippen molar-refractivity contribution in [2.45, 2.75) is 64.1 Å². The molecule has 0 bridgehead atoms. The van der Waals surface area contributed by atoms with E-state index in [4.69, 9.17) is 4.74 Å². The maximum atomic E-state index is 14.0. The monoisotopic (exact) mass is 583 g/mol. The third-order valence-corrected chi connectivity index (χ3v) is 8.49. The second-order valence-electron chi connectivity index (χ2n) is 9.64. The Labute approximate surface area is 242 Å². The summed E-state index contributed by atoms with van der Waals surface area (Å²) in [6.45, 7) is 7.45. The molecule has 0 aliphatic carbocycles. The Hall–Kier alpha value is -3.92. The summed E-state index contributed by atoms with van der Waals surface area (Å²) in [4.78, 5) is 28.6. The van der Waals surface area contributed by atoms with Crippen LogP contribution in [0.3, 0.4) is 0 Å². The number of anilines is 1. The SMILES string of the molecule is CCOc1ccc(N(CC(=O)N(Cc2ccccc2)[C@H](CC)C(=O)N[C@H](C)CC)S(=O)(=O)c2ccc(F)cc2)cc1. The van der Waals surface area contributed by atoms with E-state index in [-0.39, 0.29) is 29.1 Å². The molecule has 1 N–H and O–H groups in total. The Balaban J connectivity index is 2.04. The molecule has 0 aliphatic rings. The molecule has 220 valence electrons. The Bertz CT molecular complexity index is 1380. The van der Waals surface area contributed by atoms with E-state index in [1.54, 1.807) is 24.3 Å². The number of nitrogens with zero attached hydrogens (tertiary/aromatic N) is 2. The molecule has 0 saturated heterocycles. The zero-order valence-corrected chi connectivity index (χ0v) is 24.7. The molecular weight excluding hydrogens is 545 g/mol. The van der Waals surface area contributed by atoms with Crippen LogP contribution in [0.1, 0.15) is 46.1 Å². The molecular formula is C31H38FN3O5S. The van der Waals surface area contributed by atoms with E-state index in [0.717, 1.165) is 40.6 Å². The Kier molecular flexibility index (Phi) is 11.3. The smallest absolute Gasteiger partial charge is 0.264 e. The number of sulfonamides is 1. The average Bonchev–Trinajstić information content (AvgIpc) is 2.97. The summed E-state index contributed by atoms with van der Waals surface area (Å²) in [5, 5.41) is 2.95. The van der Waals surface area contributed by atoms with Crippen molar-refractivity contribution in [3.8, 4) is 5.75 Å². The predicted molar refractivity (Wildman–Crippen MR) is 158 cm³/mol. The molecule has 0 unspecified atom stereocenters. The van der Waals surface area contributed by atoms with Gasteiger partial charge in [0.1, 0.15) is 24.2 Å². The molecule has 0 aliphatic heterocycles. The van der Waals surface area contributed by atoms with Crippen LogP contribution in [-0.4, -0.2) is 50.4 Å². The summed E-state index contributed by atoms with van der Waals surface area (Å²) in [7, 11) is -4.30. The molecule has 0 spiro atoms. The van der Waals surface area contributed by atoms with Crippen molar-refractivity contribution in [3.63, 3.8) is 0 Å². The molecule has 2 atom stereocenters. The molecule has 0 heterocycles. The number of hydrogen-bond donors (Lipinski definition) is 1. The van der Waals surface area contributed by atoms with Crippen LogP contribution in [0, 0.1) is 5.82 Å². The van der Waals surface area contributed by atoms with Crippen LogP contribution in [0.2, 0.25) is 0 Å². The minimum absolute atomic E-state index is 0.0931. The molecule has 41 heavy (non-hydrogen) atoms. The van der Waals surface area contributed by atoms with Crippen LogP contribution in [0.15, 0.2) is 83.8 Å². The van der Waals surface area contributed by atoms with Gasteiger partial charge in [0.2, 0.25) is 11.8 Å². The van der Waals surface area contributed by atoms with Crippen LogP contribution < -0.4 is 14.4 Å². The van der Waals surface area contributed by atoms with E-state index in [9.17, 15) is 22.4 Å².